The highest BCUT2D eigenvalue weighted by atomic mass is 19.1. The number of likely N-dealkylation sites (tertiary alicyclic amines) is 1. The highest BCUT2D eigenvalue weighted by Crippen LogP contribution is 2.40. The zero-order chi connectivity index (χ0) is 46.7. The molecule has 1 aromatic carbocycles. The Balaban J connectivity index is 0.749. The Kier molecular flexibility index (Phi) is 16.4. The van der Waals surface area contributed by atoms with Gasteiger partial charge in [0.25, 0.3) is 11.8 Å². The fourth-order valence-corrected chi connectivity index (χ4v) is 8.92. The average Bonchev–Trinajstić information content (AvgIpc) is 3.56. The van der Waals surface area contributed by atoms with Crippen molar-refractivity contribution < 1.29 is 42.2 Å². The standard InChI is InChI=1S/C48H61F2N9O7/c1-5-34-42(47(63)59(46(34)62)38-11-13-41(60)55-45(38)61)37(6-2)51-16-23-64-21-8-7-9-22-65-24-19-57-17-14-31(15-18-57)32-10-12-40(52-28-32)54-48-53-29-36(50)43(56-48)33-26-35(49)44-39(27-33)58(30(3)4)20-25-66-44/h6,10,12,26-31,38,51H,5,7-9,11,13-25H2,1-4H3,(H,55,60,61)(H,52,53,54,56)/b37-6+. The number of allylic oxidation sites excluding steroid dienone is 1. The van der Waals surface area contributed by atoms with Crippen molar-refractivity contribution in [3.8, 4) is 17.0 Å². The van der Waals surface area contributed by atoms with Crippen LogP contribution < -0.4 is 25.6 Å². The van der Waals surface area contributed by atoms with Crippen molar-refractivity contribution in [1.29, 1.82) is 0 Å². The number of halogens is 2. The Labute approximate surface area is 384 Å². The molecule has 7 rings (SSSR count). The maximum Gasteiger partial charge on any atom is 0.264 e. The van der Waals surface area contributed by atoms with Crippen LogP contribution in [0.4, 0.5) is 26.2 Å². The Morgan fingerprint density at radius 3 is 2.41 bits per heavy atom. The van der Waals surface area contributed by atoms with Gasteiger partial charge in [0.1, 0.15) is 24.2 Å². The summed E-state index contributed by atoms with van der Waals surface area (Å²) in [6.07, 6.45) is 10.0. The number of imide groups is 2. The molecule has 0 spiro atoms. The van der Waals surface area contributed by atoms with Crippen molar-refractivity contribution in [2.75, 3.05) is 76.0 Å². The van der Waals surface area contributed by atoms with Crippen molar-refractivity contribution in [2.24, 2.45) is 0 Å². The molecule has 18 heteroatoms. The van der Waals surface area contributed by atoms with E-state index >= 15 is 8.78 Å². The van der Waals surface area contributed by atoms with Crippen molar-refractivity contribution in [3.05, 3.63) is 76.8 Å². The number of hydrogen-bond donors (Lipinski definition) is 3. The summed E-state index contributed by atoms with van der Waals surface area (Å²) in [5.74, 6) is -2.05. The number of aromatic nitrogens is 3. The first-order chi connectivity index (χ1) is 32.0. The summed E-state index contributed by atoms with van der Waals surface area (Å²) in [6.45, 7) is 14.2. The highest BCUT2D eigenvalue weighted by Gasteiger charge is 2.46. The van der Waals surface area contributed by atoms with Crippen molar-refractivity contribution in [2.45, 2.75) is 97.1 Å². The second-order valence-corrected chi connectivity index (χ2v) is 17.1. The molecule has 2 fully saturated rings. The minimum absolute atomic E-state index is 0.0167. The lowest BCUT2D eigenvalue weighted by atomic mass is 9.90. The second kappa shape index (κ2) is 22.6. The van der Waals surface area contributed by atoms with Gasteiger partial charge in [0.05, 0.1) is 37.2 Å². The van der Waals surface area contributed by atoms with Crippen molar-refractivity contribution in [3.63, 3.8) is 0 Å². The zero-order valence-corrected chi connectivity index (χ0v) is 38.3. The quantitative estimate of drug-likeness (QED) is 0.0846. The molecule has 6 heterocycles. The third kappa shape index (κ3) is 11.4. The largest absolute Gasteiger partial charge is 0.486 e. The molecule has 4 aliphatic rings. The van der Waals surface area contributed by atoms with Crippen LogP contribution >= 0.6 is 0 Å². The van der Waals surface area contributed by atoms with E-state index < -0.39 is 41.3 Å². The van der Waals surface area contributed by atoms with E-state index in [9.17, 15) is 19.2 Å². The predicted molar refractivity (Wildman–Crippen MR) is 244 cm³/mol. The second-order valence-electron chi connectivity index (χ2n) is 17.1. The van der Waals surface area contributed by atoms with E-state index in [0.717, 1.165) is 68.4 Å². The predicted octanol–water partition coefficient (Wildman–Crippen LogP) is 5.92. The van der Waals surface area contributed by atoms with Gasteiger partial charge in [0, 0.05) is 61.8 Å². The number of benzene rings is 1. The number of pyridine rings is 1. The summed E-state index contributed by atoms with van der Waals surface area (Å²) in [6, 6.07) is 5.99. The van der Waals surface area contributed by atoms with E-state index in [1.807, 2.05) is 31.0 Å². The number of carbonyl (C=O) groups is 4. The van der Waals surface area contributed by atoms with Gasteiger partial charge in [-0.25, -0.2) is 23.7 Å². The number of amides is 4. The molecule has 2 aromatic heterocycles. The van der Waals surface area contributed by atoms with Gasteiger partial charge in [0.2, 0.25) is 17.8 Å². The normalized spacial score (nSPS) is 18.6. The van der Waals surface area contributed by atoms with Crippen LogP contribution in [0.25, 0.3) is 11.3 Å². The molecule has 1 atom stereocenters. The van der Waals surface area contributed by atoms with E-state index in [-0.39, 0.29) is 41.8 Å². The average molecular weight is 914 g/mol. The van der Waals surface area contributed by atoms with Gasteiger partial charge in [-0.3, -0.25) is 29.4 Å². The summed E-state index contributed by atoms with van der Waals surface area (Å²) >= 11 is 0. The van der Waals surface area contributed by atoms with Gasteiger partial charge in [-0.1, -0.05) is 19.1 Å². The van der Waals surface area contributed by atoms with Gasteiger partial charge >= 0.3 is 0 Å². The van der Waals surface area contributed by atoms with Crippen LogP contribution in [0, 0.1) is 11.6 Å². The first kappa shape index (κ1) is 48.1. The number of carbonyl (C=O) groups excluding carboxylic acids is 4. The van der Waals surface area contributed by atoms with Crippen LogP contribution in [0.15, 0.2) is 59.6 Å². The zero-order valence-electron chi connectivity index (χ0n) is 38.3. The minimum Gasteiger partial charge on any atom is -0.486 e. The molecule has 2 saturated heterocycles. The molecular weight excluding hydrogens is 853 g/mol. The number of fused-ring (bicyclic) bond motifs is 1. The Morgan fingerprint density at radius 1 is 0.939 bits per heavy atom. The van der Waals surface area contributed by atoms with Gasteiger partial charge in [0.15, 0.2) is 17.4 Å². The molecule has 3 N–H and O–H groups in total. The molecule has 66 heavy (non-hydrogen) atoms. The number of nitrogens with one attached hydrogen (secondary N) is 3. The third-order valence-electron chi connectivity index (χ3n) is 12.5. The molecule has 0 saturated carbocycles. The number of anilines is 3. The number of nitrogens with zero attached hydrogens (tertiary/aromatic N) is 6. The molecule has 16 nitrogen and oxygen atoms in total. The van der Waals surface area contributed by atoms with E-state index in [1.54, 1.807) is 26.0 Å². The van der Waals surface area contributed by atoms with E-state index in [1.165, 1.54) is 6.07 Å². The van der Waals surface area contributed by atoms with E-state index in [4.69, 9.17) is 14.2 Å². The maximum atomic E-state index is 15.1. The summed E-state index contributed by atoms with van der Waals surface area (Å²) in [5.41, 5.74) is 3.14. The van der Waals surface area contributed by atoms with Crippen LogP contribution in [0.5, 0.6) is 5.75 Å². The Bertz CT molecular complexity index is 2300. The van der Waals surface area contributed by atoms with Gasteiger partial charge in [-0.2, -0.15) is 0 Å². The van der Waals surface area contributed by atoms with Crippen LogP contribution in [-0.2, 0) is 28.7 Å². The number of unbranched alkanes of at least 4 members (excludes halogenated alkanes) is 2. The van der Waals surface area contributed by atoms with Crippen molar-refractivity contribution >= 4 is 41.1 Å². The van der Waals surface area contributed by atoms with E-state index in [0.29, 0.717) is 86.8 Å². The van der Waals surface area contributed by atoms with Crippen LogP contribution in [-0.4, -0.2) is 126 Å². The monoisotopic (exact) mass is 913 g/mol. The minimum atomic E-state index is -1.000. The van der Waals surface area contributed by atoms with Crippen LogP contribution in [0.1, 0.15) is 90.5 Å². The maximum absolute atomic E-state index is 15.1. The molecule has 3 aromatic rings. The number of rotatable bonds is 21. The first-order valence-corrected chi connectivity index (χ1v) is 23.2. The highest BCUT2D eigenvalue weighted by molar-refractivity contribution is 6.23. The molecule has 1 unspecified atom stereocenters. The lowest BCUT2D eigenvalue weighted by molar-refractivity contribution is -0.150. The number of hydrogen-bond acceptors (Lipinski definition) is 14. The SMILES string of the molecule is C/C=C(/NCCOCCCCCOCCN1CCC(c2ccc(Nc3ncc(F)c(-c4cc(F)c5c(c4)N(C(C)C)CCO5)n3)nc2)CC1)C1=C(CC)C(=O)N(C2CCC(=O)NC2=O)C1=O. The van der Waals surface area contributed by atoms with Crippen LogP contribution in [0.3, 0.4) is 0 Å². The molecule has 4 aliphatic heterocycles. The van der Waals surface area contributed by atoms with Crippen molar-refractivity contribution in [1.82, 2.24) is 35.4 Å². The Hall–Kier alpha value is -5.85. The lowest BCUT2D eigenvalue weighted by Gasteiger charge is -2.34. The summed E-state index contributed by atoms with van der Waals surface area (Å²) < 4.78 is 47.5. The summed E-state index contributed by atoms with van der Waals surface area (Å²) in [5, 5.41) is 8.53. The topological polar surface area (TPSA) is 180 Å². The van der Waals surface area contributed by atoms with Gasteiger partial charge < -0.3 is 34.6 Å². The third-order valence-corrected chi connectivity index (χ3v) is 12.5. The molecule has 4 amide bonds. The fraction of sp³-hybridized carbons (Fsp3) is 0.521. The lowest BCUT2D eigenvalue weighted by Crippen LogP contribution is -2.54. The van der Waals surface area contributed by atoms with Crippen LogP contribution in [0.2, 0.25) is 0 Å². The molecule has 0 aliphatic carbocycles. The Morgan fingerprint density at radius 2 is 1.71 bits per heavy atom. The van der Waals surface area contributed by atoms with E-state index in [2.05, 4.69) is 41.9 Å². The van der Waals surface area contributed by atoms with Gasteiger partial charge in [-0.15, -0.1) is 0 Å². The molecular formula is C48H61F2N9O7. The molecule has 0 radical (unpaired) electrons. The fourth-order valence-electron chi connectivity index (χ4n) is 8.92. The van der Waals surface area contributed by atoms with Gasteiger partial charge in [-0.05, 0) is 108 Å². The number of ether oxygens (including phenoxy) is 3. The first-order valence-electron chi connectivity index (χ1n) is 23.2. The summed E-state index contributed by atoms with van der Waals surface area (Å²) in [7, 11) is 0. The summed E-state index contributed by atoms with van der Waals surface area (Å²) in [4.78, 5) is 69.2. The smallest absolute Gasteiger partial charge is 0.264 e. The molecule has 354 valence electrons. The number of piperidine rings is 2. The molecule has 0 bridgehead atoms.